The Kier molecular flexibility index (Phi) is 5.65. The lowest BCUT2D eigenvalue weighted by atomic mass is 10.2. The molecule has 1 rings (SSSR count). The van der Waals surface area contributed by atoms with E-state index in [2.05, 4.69) is 6.92 Å². The first-order valence-corrected chi connectivity index (χ1v) is 6.19. The number of aliphatic carboxylic acids is 1. The Labute approximate surface area is 108 Å². The van der Waals surface area contributed by atoms with Gasteiger partial charge in [0.15, 0.2) is 0 Å². The summed E-state index contributed by atoms with van der Waals surface area (Å²) in [5.41, 5.74) is 1.08. The van der Waals surface area contributed by atoms with Gasteiger partial charge in [0.1, 0.15) is 11.8 Å². The van der Waals surface area contributed by atoms with Crippen molar-refractivity contribution in [1.82, 2.24) is 4.90 Å². The summed E-state index contributed by atoms with van der Waals surface area (Å²) in [4.78, 5) is 12.6. The monoisotopic (exact) mass is 251 g/mol. The van der Waals surface area contributed by atoms with Crippen molar-refractivity contribution >= 4 is 5.97 Å². The van der Waals surface area contributed by atoms with E-state index in [4.69, 9.17) is 9.84 Å². The van der Waals surface area contributed by atoms with Crippen molar-refractivity contribution in [3.05, 3.63) is 29.8 Å². The molecule has 18 heavy (non-hydrogen) atoms. The maximum absolute atomic E-state index is 10.8. The molecule has 1 atom stereocenters. The summed E-state index contributed by atoms with van der Waals surface area (Å²) >= 11 is 0. The average molecular weight is 251 g/mol. The standard InChI is InChI=1S/C14H21NO3/c1-4-9-18-13-7-5-12(6-8-13)10-15(3)11(2)14(16)17/h5-8,11H,4,9-10H2,1-3H3,(H,16,17). The number of hydrogen-bond donors (Lipinski definition) is 1. The van der Waals surface area contributed by atoms with Crippen LogP contribution in [0.15, 0.2) is 24.3 Å². The number of rotatable bonds is 7. The van der Waals surface area contributed by atoms with E-state index in [-0.39, 0.29) is 0 Å². The van der Waals surface area contributed by atoms with Gasteiger partial charge in [-0.05, 0) is 38.1 Å². The van der Waals surface area contributed by atoms with Crippen molar-refractivity contribution in [3.63, 3.8) is 0 Å². The SMILES string of the molecule is CCCOc1ccc(CN(C)C(C)C(=O)O)cc1. The molecule has 1 N–H and O–H groups in total. The Morgan fingerprint density at radius 1 is 1.39 bits per heavy atom. The summed E-state index contributed by atoms with van der Waals surface area (Å²) in [6.45, 7) is 5.08. The molecule has 1 aromatic carbocycles. The van der Waals surface area contributed by atoms with Gasteiger partial charge in [-0.2, -0.15) is 0 Å². The van der Waals surface area contributed by atoms with E-state index < -0.39 is 12.0 Å². The second-order valence-electron chi connectivity index (χ2n) is 4.42. The first-order valence-electron chi connectivity index (χ1n) is 6.19. The topological polar surface area (TPSA) is 49.8 Å². The second-order valence-corrected chi connectivity index (χ2v) is 4.42. The number of carbonyl (C=O) groups is 1. The van der Waals surface area contributed by atoms with Crippen LogP contribution in [0.5, 0.6) is 5.75 Å². The van der Waals surface area contributed by atoms with E-state index >= 15 is 0 Å². The largest absolute Gasteiger partial charge is 0.494 e. The summed E-state index contributed by atoms with van der Waals surface area (Å²) in [6.07, 6.45) is 0.987. The lowest BCUT2D eigenvalue weighted by molar-refractivity contribution is -0.142. The first-order chi connectivity index (χ1) is 8.54. The fraction of sp³-hybridized carbons (Fsp3) is 0.500. The minimum Gasteiger partial charge on any atom is -0.494 e. The molecule has 0 aromatic heterocycles. The number of carboxylic acid groups (broad SMARTS) is 1. The number of ether oxygens (including phenoxy) is 1. The molecule has 0 radical (unpaired) electrons. The Morgan fingerprint density at radius 2 is 2.00 bits per heavy atom. The van der Waals surface area contributed by atoms with Crippen LogP contribution in [0.3, 0.4) is 0 Å². The molecule has 0 aliphatic rings. The molecule has 0 saturated heterocycles. The van der Waals surface area contributed by atoms with Crippen molar-refractivity contribution in [2.45, 2.75) is 32.9 Å². The molecule has 4 nitrogen and oxygen atoms in total. The van der Waals surface area contributed by atoms with Gasteiger partial charge in [-0.3, -0.25) is 9.69 Å². The molecule has 1 unspecified atom stereocenters. The minimum absolute atomic E-state index is 0.485. The van der Waals surface area contributed by atoms with Crippen LogP contribution in [0, 0.1) is 0 Å². The molecule has 0 saturated carbocycles. The minimum atomic E-state index is -0.805. The highest BCUT2D eigenvalue weighted by Gasteiger charge is 2.16. The second kappa shape index (κ2) is 7.01. The molecule has 0 heterocycles. The van der Waals surface area contributed by atoms with Crippen LogP contribution in [0.25, 0.3) is 0 Å². The number of carboxylic acids is 1. The van der Waals surface area contributed by atoms with Crippen LogP contribution in [-0.2, 0) is 11.3 Å². The highest BCUT2D eigenvalue weighted by atomic mass is 16.5. The zero-order valence-corrected chi connectivity index (χ0v) is 11.2. The normalized spacial score (nSPS) is 12.4. The highest BCUT2D eigenvalue weighted by Crippen LogP contribution is 2.14. The van der Waals surface area contributed by atoms with Crippen molar-refractivity contribution in [2.75, 3.05) is 13.7 Å². The van der Waals surface area contributed by atoms with Gasteiger partial charge in [-0.15, -0.1) is 0 Å². The van der Waals surface area contributed by atoms with Crippen LogP contribution in [0.1, 0.15) is 25.8 Å². The van der Waals surface area contributed by atoms with Gasteiger partial charge < -0.3 is 9.84 Å². The van der Waals surface area contributed by atoms with Crippen LogP contribution >= 0.6 is 0 Å². The lowest BCUT2D eigenvalue weighted by Crippen LogP contribution is -2.35. The molecule has 0 aliphatic carbocycles. The summed E-state index contributed by atoms with van der Waals surface area (Å²) in [5.74, 6) is 0.0509. The third-order valence-electron chi connectivity index (χ3n) is 2.85. The van der Waals surface area contributed by atoms with E-state index in [0.29, 0.717) is 6.54 Å². The number of nitrogens with zero attached hydrogens (tertiary/aromatic N) is 1. The molecule has 0 bridgehead atoms. The molecular formula is C14H21NO3. The third kappa shape index (κ3) is 4.37. The molecule has 1 aromatic rings. The summed E-state index contributed by atoms with van der Waals surface area (Å²) in [5, 5.41) is 8.91. The van der Waals surface area contributed by atoms with Gasteiger partial charge in [0.2, 0.25) is 0 Å². The number of likely N-dealkylation sites (N-methyl/N-ethyl adjacent to an activating group) is 1. The summed E-state index contributed by atoms with van der Waals surface area (Å²) in [6, 6.07) is 7.29. The molecule has 4 heteroatoms. The maximum atomic E-state index is 10.8. The Morgan fingerprint density at radius 3 is 2.50 bits per heavy atom. The lowest BCUT2D eigenvalue weighted by Gasteiger charge is -2.21. The molecule has 0 amide bonds. The smallest absolute Gasteiger partial charge is 0.320 e. The Hall–Kier alpha value is -1.55. The predicted octanol–water partition coefficient (Wildman–Crippen LogP) is 2.38. The van der Waals surface area contributed by atoms with Gasteiger partial charge in [-0.1, -0.05) is 19.1 Å². The zero-order valence-electron chi connectivity index (χ0n) is 11.2. The molecule has 0 fully saturated rings. The van der Waals surface area contributed by atoms with E-state index in [1.54, 1.807) is 18.9 Å². The van der Waals surface area contributed by atoms with Crippen LogP contribution in [-0.4, -0.2) is 35.7 Å². The average Bonchev–Trinajstić information content (AvgIpc) is 2.36. The van der Waals surface area contributed by atoms with Crippen molar-refractivity contribution < 1.29 is 14.6 Å². The Balaban J connectivity index is 2.55. The third-order valence-corrected chi connectivity index (χ3v) is 2.85. The van der Waals surface area contributed by atoms with Gasteiger partial charge in [0.05, 0.1) is 6.61 Å². The van der Waals surface area contributed by atoms with E-state index in [9.17, 15) is 4.79 Å². The fourth-order valence-electron chi connectivity index (χ4n) is 1.52. The fourth-order valence-corrected chi connectivity index (χ4v) is 1.52. The van der Waals surface area contributed by atoms with Crippen molar-refractivity contribution in [1.29, 1.82) is 0 Å². The van der Waals surface area contributed by atoms with Crippen molar-refractivity contribution in [3.8, 4) is 5.75 Å². The highest BCUT2D eigenvalue weighted by molar-refractivity contribution is 5.72. The molecule has 100 valence electrons. The number of benzene rings is 1. The van der Waals surface area contributed by atoms with E-state index in [1.807, 2.05) is 24.3 Å². The molecular weight excluding hydrogens is 230 g/mol. The quantitative estimate of drug-likeness (QED) is 0.808. The van der Waals surface area contributed by atoms with E-state index in [0.717, 1.165) is 24.3 Å². The zero-order chi connectivity index (χ0) is 13.5. The molecule has 0 aliphatic heterocycles. The maximum Gasteiger partial charge on any atom is 0.320 e. The van der Waals surface area contributed by atoms with Crippen molar-refractivity contribution in [2.24, 2.45) is 0 Å². The van der Waals surface area contributed by atoms with Crippen LogP contribution in [0.4, 0.5) is 0 Å². The van der Waals surface area contributed by atoms with Gasteiger partial charge in [0.25, 0.3) is 0 Å². The first kappa shape index (κ1) is 14.5. The van der Waals surface area contributed by atoms with Gasteiger partial charge >= 0.3 is 5.97 Å². The summed E-state index contributed by atoms with van der Waals surface area (Å²) in [7, 11) is 1.81. The predicted molar refractivity (Wildman–Crippen MR) is 70.8 cm³/mol. The number of hydrogen-bond acceptors (Lipinski definition) is 3. The van der Waals surface area contributed by atoms with E-state index in [1.165, 1.54) is 0 Å². The van der Waals surface area contributed by atoms with Gasteiger partial charge in [0, 0.05) is 6.54 Å². The van der Waals surface area contributed by atoms with Crippen LogP contribution < -0.4 is 4.74 Å². The van der Waals surface area contributed by atoms with Gasteiger partial charge in [-0.25, -0.2) is 0 Å². The Bertz CT molecular complexity index is 375. The summed E-state index contributed by atoms with van der Waals surface area (Å²) < 4.78 is 5.49. The molecule has 0 spiro atoms. The van der Waals surface area contributed by atoms with Crippen LogP contribution in [0.2, 0.25) is 0 Å².